The summed E-state index contributed by atoms with van der Waals surface area (Å²) < 4.78 is 16.2. The van der Waals surface area contributed by atoms with E-state index in [4.69, 9.17) is 107 Å². The zero-order valence-corrected chi connectivity index (χ0v) is 31.7. The number of amidine groups is 2. The average Bonchev–Trinajstić information content (AvgIpc) is 3.53. The highest BCUT2D eigenvalue weighted by molar-refractivity contribution is 6.56. The number of hydrogen-bond donors (Lipinski definition) is 1. The van der Waals surface area contributed by atoms with E-state index in [0.29, 0.717) is 22.8 Å². The fourth-order valence-corrected chi connectivity index (χ4v) is 6.93. The Bertz CT molecular complexity index is 2020. The van der Waals surface area contributed by atoms with Gasteiger partial charge in [-0.2, -0.15) is 4.90 Å². The normalized spacial score (nSPS) is 15.7. The van der Waals surface area contributed by atoms with E-state index in [1.807, 2.05) is 0 Å². The maximum absolute atomic E-state index is 13.8. The first kappa shape index (κ1) is 37.9. The van der Waals surface area contributed by atoms with Gasteiger partial charge in [-0.1, -0.05) is 98.9 Å². The molecule has 0 aliphatic carbocycles. The standard InChI is InChI=1S/C31H22Cl8N4O6/c1-11-12(40-26-14-16(28(44)42-26)20(34)24(38)22(36)18(14)32)6-5-7-13(11)41-27-15-17(21(35)25(39)23(37)19(15)33)29(45)43(27)30(46)49-31(2,3)10-48-9-8-47-4/h5-7H,8-10H2,1-4H3,(H,40,42,44). The number of aliphatic imine (C=N–C) groups is 2. The molecule has 0 aromatic heterocycles. The summed E-state index contributed by atoms with van der Waals surface area (Å²) in [5, 5.41) is 1.65. The minimum atomic E-state index is -1.20. The Morgan fingerprint density at radius 1 is 0.776 bits per heavy atom. The molecule has 0 saturated heterocycles. The number of ether oxygens (including phenoxy) is 3. The van der Waals surface area contributed by atoms with Crippen LogP contribution in [0.2, 0.25) is 40.2 Å². The summed E-state index contributed by atoms with van der Waals surface area (Å²) in [5.74, 6) is -1.68. The van der Waals surface area contributed by atoms with Crippen molar-refractivity contribution in [3.63, 3.8) is 0 Å². The maximum Gasteiger partial charge on any atom is 0.423 e. The largest absolute Gasteiger partial charge is 0.440 e. The van der Waals surface area contributed by atoms with Crippen LogP contribution in [0.25, 0.3) is 0 Å². The number of carbonyl (C=O) groups excluding carboxylic acids is 3. The quantitative estimate of drug-likeness (QED) is 0.137. The molecule has 0 atom stereocenters. The van der Waals surface area contributed by atoms with Gasteiger partial charge in [0, 0.05) is 12.7 Å². The highest BCUT2D eigenvalue weighted by Crippen LogP contribution is 2.47. The van der Waals surface area contributed by atoms with Gasteiger partial charge in [0.05, 0.1) is 93.6 Å². The zero-order valence-electron chi connectivity index (χ0n) is 25.7. The van der Waals surface area contributed by atoms with E-state index in [1.165, 1.54) is 7.11 Å². The van der Waals surface area contributed by atoms with Crippen LogP contribution in [0, 0.1) is 6.92 Å². The topological polar surface area (TPSA) is 119 Å². The van der Waals surface area contributed by atoms with Crippen LogP contribution in [0.1, 0.15) is 51.3 Å². The predicted octanol–water partition coefficient (Wildman–Crippen LogP) is 10.2. The molecule has 5 rings (SSSR count). The Balaban J connectivity index is 1.63. The molecule has 0 radical (unpaired) electrons. The van der Waals surface area contributed by atoms with Gasteiger partial charge in [0.25, 0.3) is 11.8 Å². The first-order valence-electron chi connectivity index (χ1n) is 14.0. The van der Waals surface area contributed by atoms with Gasteiger partial charge in [-0.3, -0.25) is 9.59 Å². The van der Waals surface area contributed by atoms with Crippen LogP contribution in [0.3, 0.4) is 0 Å². The summed E-state index contributed by atoms with van der Waals surface area (Å²) in [4.78, 5) is 50.4. The lowest BCUT2D eigenvalue weighted by molar-refractivity contribution is -0.0466. The second-order valence-electron chi connectivity index (χ2n) is 11.1. The van der Waals surface area contributed by atoms with Crippen LogP contribution in [0.15, 0.2) is 28.2 Å². The minimum absolute atomic E-state index is 0.0122. The first-order chi connectivity index (χ1) is 23.0. The molecular weight excluding hydrogens is 808 g/mol. The predicted molar refractivity (Wildman–Crippen MR) is 193 cm³/mol. The molecule has 0 spiro atoms. The SMILES string of the molecule is COCCOCC(C)(C)OC(=O)N1C(=O)c2c(Cl)c(Cl)c(Cl)c(Cl)c2C1=Nc1cccc(N=C2NC(=O)c3c(Cl)c(Cl)c(Cl)c(Cl)c32)c1C. The molecule has 0 bridgehead atoms. The monoisotopic (exact) mass is 826 g/mol. The highest BCUT2D eigenvalue weighted by atomic mass is 35.5. The van der Waals surface area contributed by atoms with Gasteiger partial charge in [-0.15, -0.1) is 0 Å². The Kier molecular flexibility index (Phi) is 11.4. The molecule has 10 nitrogen and oxygen atoms in total. The molecule has 1 N–H and O–H groups in total. The van der Waals surface area contributed by atoms with Crippen molar-refractivity contribution in [1.82, 2.24) is 10.2 Å². The lowest BCUT2D eigenvalue weighted by Crippen LogP contribution is -2.43. The van der Waals surface area contributed by atoms with Crippen LogP contribution in [-0.4, -0.2) is 67.0 Å². The molecule has 0 unspecified atom stereocenters. The highest BCUT2D eigenvalue weighted by Gasteiger charge is 2.45. The number of benzene rings is 3. The summed E-state index contributed by atoms with van der Waals surface area (Å²) in [7, 11) is 1.52. The number of imide groups is 1. The number of amides is 3. The third-order valence-corrected chi connectivity index (χ3v) is 10.8. The van der Waals surface area contributed by atoms with Crippen molar-refractivity contribution in [2.24, 2.45) is 9.98 Å². The molecule has 18 heteroatoms. The third kappa shape index (κ3) is 6.98. The molecule has 258 valence electrons. The van der Waals surface area contributed by atoms with Gasteiger partial charge in [0.1, 0.15) is 11.4 Å². The van der Waals surface area contributed by atoms with Gasteiger partial charge >= 0.3 is 6.09 Å². The van der Waals surface area contributed by atoms with Gasteiger partial charge < -0.3 is 19.5 Å². The van der Waals surface area contributed by atoms with E-state index in [2.05, 4.69) is 15.3 Å². The van der Waals surface area contributed by atoms with Crippen molar-refractivity contribution in [3.05, 3.63) is 86.2 Å². The van der Waals surface area contributed by atoms with E-state index in [1.54, 1.807) is 39.0 Å². The number of halogens is 8. The number of nitrogens with zero attached hydrogens (tertiary/aromatic N) is 3. The number of rotatable bonds is 8. The number of nitrogens with one attached hydrogen (secondary N) is 1. The Hall–Kier alpha value is -2.35. The maximum atomic E-state index is 13.8. The summed E-state index contributed by atoms with van der Waals surface area (Å²) in [6, 6.07) is 4.84. The molecule has 2 aliphatic rings. The first-order valence-corrected chi connectivity index (χ1v) is 17.0. The van der Waals surface area contributed by atoms with Crippen LogP contribution in [0.4, 0.5) is 16.2 Å². The summed E-state index contributed by atoms with van der Waals surface area (Å²) >= 11 is 51.0. The van der Waals surface area contributed by atoms with Crippen molar-refractivity contribution < 1.29 is 28.6 Å². The molecule has 2 aliphatic heterocycles. The fourth-order valence-electron chi connectivity index (χ4n) is 4.88. The van der Waals surface area contributed by atoms with E-state index < -0.39 is 23.5 Å². The van der Waals surface area contributed by atoms with Crippen molar-refractivity contribution in [3.8, 4) is 0 Å². The lowest BCUT2D eigenvalue weighted by atomic mass is 10.1. The van der Waals surface area contributed by atoms with Crippen LogP contribution >= 0.6 is 92.8 Å². The van der Waals surface area contributed by atoms with E-state index in [-0.39, 0.29) is 93.0 Å². The third-order valence-electron chi connectivity index (χ3n) is 7.25. The van der Waals surface area contributed by atoms with Crippen LogP contribution < -0.4 is 5.32 Å². The van der Waals surface area contributed by atoms with Gasteiger partial charge in [0.2, 0.25) is 0 Å². The van der Waals surface area contributed by atoms with Gasteiger partial charge in [-0.05, 0) is 32.9 Å². The van der Waals surface area contributed by atoms with Crippen LogP contribution in [-0.2, 0) is 14.2 Å². The lowest BCUT2D eigenvalue weighted by Gasteiger charge is -2.27. The molecule has 49 heavy (non-hydrogen) atoms. The zero-order chi connectivity index (χ0) is 36.1. The van der Waals surface area contributed by atoms with E-state index in [0.717, 1.165) is 0 Å². The fraction of sp³-hybridized carbons (Fsp3) is 0.258. The molecule has 3 aromatic rings. The summed E-state index contributed by atoms with van der Waals surface area (Å²) in [6.07, 6.45) is -1.10. The molecule has 0 saturated carbocycles. The van der Waals surface area contributed by atoms with Crippen LogP contribution in [0.5, 0.6) is 0 Å². The average molecular weight is 830 g/mol. The number of carbonyl (C=O) groups is 3. The molecule has 3 amide bonds. The number of fused-ring (bicyclic) bond motifs is 2. The second-order valence-corrected chi connectivity index (χ2v) is 14.1. The summed E-state index contributed by atoms with van der Waals surface area (Å²) in [6.45, 7) is 5.42. The Labute approximate surface area is 320 Å². The second kappa shape index (κ2) is 14.7. The molecule has 0 fully saturated rings. The summed E-state index contributed by atoms with van der Waals surface area (Å²) in [5.41, 5.74) is -0.278. The smallest absolute Gasteiger partial charge is 0.423 e. The number of hydrogen-bond acceptors (Lipinski definition) is 8. The van der Waals surface area contributed by atoms with E-state index in [9.17, 15) is 14.4 Å². The molecular formula is C31H22Cl8N4O6. The van der Waals surface area contributed by atoms with Gasteiger partial charge in [-0.25, -0.2) is 14.8 Å². The molecule has 3 aromatic carbocycles. The van der Waals surface area contributed by atoms with Crippen molar-refractivity contribution >= 4 is 134 Å². The Morgan fingerprint density at radius 2 is 1.31 bits per heavy atom. The number of methoxy groups -OCH3 is 1. The van der Waals surface area contributed by atoms with Crippen molar-refractivity contribution in [2.75, 3.05) is 26.9 Å². The van der Waals surface area contributed by atoms with Gasteiger partial charge in [0.15, 0.2) is 5.84 Å². The van der Waals surface area contributed by atoms with Crippen molar-refractivity contribution in [1.29, 1.82) is 0 Å². The Morgan fingerprint density at radius 3 is 1.90 bits per heavy atom. The van der Waals surface area contributed by atoms with E-state index >= 15 is 0 Å². The minimum Gasteiger partial charge on any atom is -0.440 e. The van der Waals surface area contributed by atoms with Crippen molar-refractivity contribution in [2.45, 2.75) is 26.4 Å². The molecule has 2 heterocycles.